The first kappa shape index (κ1) is 28.3. The van der Waals surface area contributed by atoms with Crippen LogP contribution in [0.1, 0.15) is 46.9 Å². The molecule has 0 saturated carbocycles. The van der Waals surface area contributed by atoms with E-state index in [-0.39, 0.29) is 43.6 Å². The zero-order valence-electron chi connectivity index (χ0n) is 23.5. The van der Waals surface area contributed by atoms with Crippen LogP contribution in [0, 0.1) is 6.92 Å². The standard InChI is InChI=1S/C29H32N6O5S2/c1-3-40-29(37)33-12-14-34(15-13-33)42(38,39)23-10-8-20(9-11-23)27(36)31-26-16-19(2)32-35(26)28-30-24-17-21-6-4-5-7-22(21)18-25(24)41-28/h8-11,16-18H,3-7,12-15H2,1-2H3,(H,31,36). The molecule has 0 atom stereocenters. The van der Waals surface area contributed by atoms with Crippen LogP contribution in [0.4, 0.5) is 10.6 Å². The number of piperazine rings is 1. The highest BCUT2D eigenvalue weighted by molar-refractivity contribution is 7.89. The zero-order chi connectivity index (χ0) is 29.4. The number of thiazole rings is 1. The third kappa shape index (κ3) is 5.51. The van der Waals surface area contributed by atoms with Gasteiger partial charge in [-0.25, -0.2) is 18.2 Å². The third-order valence-electron chi connectivity index (χ3n) is 7.61. The van der Waals surface area contributed by atoms with Gasteiger partial charge < -0.3 is 15.0 Å². The van der Waals surface area contributed by atoms with E-state index in [1.165, 1.54) is 68.8 Å². The van der Waals surface area contributed by atoms with Crippen LogP contribution in [0.15, 0.2) is 47.4 Å². The van der Waals surface area contributed by atoms with Crippen LogP contribution in [-0.4, -0.2) is 77.2 Å². The molecule has 2 aromatic heterocycles. The first-order valence-corrected chi connectivity index (χ1v) is 16.3. The lowest BCUT2D eigenvalue weighted by Gasteiger charge is -2.33. The van der Waals surface area contributed by atoms with Gasteiger partial charge in [-0.15, -0.1) is 0 Å². The van der Waals surface area contributed by atoms with Gasteiger partial charge in [0, 0.05) is 37.8 Å². The van der Waals surface area contributed by atoms with Crippen molar-refractivity contribution < 1.29 is 22.7 Å². The summed E-state index contributed by atoms with van der Waals surface area (Å²) in [6.07, 6.45) is 4.13. The highest BCUT2D eigenvalue weighted by Crippen LogP contribution is 2.32. The number of carbonyl (C=O) groups is 2. The fraction of sp³-hybridized carbons (Fsp3) is 0.379. The Morgan fingerprint density at radius 2 is 1.69 bits per heavy atom. The number of nitrogens with zero attached hydrogens (tertiary/aromatic N) is 5. The maximum absolute atomic E-state index is 13.2. The lowest BCUT2D eigenvalue weighted by atomic mass is 9.92. The summed E-state index contributed by atoms with van der Waals surface area (Å²) in [4.78, 5) is 31.5. The van der Waals surface area contributed by atoms with Crippen LogP contribution in [-0.2, 0) is 27.6 Å². The average molecular weight is 609 g/mol. The Hall–Kier alpha value is -3.81. The molecule has 1 aliphatic heterocycles. The number of sulfonamides is 1. The molecule has 2 amide bonds. The highest BCUT2D eigenvalue weighted by Gasteiger charge is 2.30. The van der Waals surface area contributed by atoms with Crippen molar-refractivity contribution >= 4 is 49.4 Å². The number of benzene rings is 2. The van der Waals surface area contributed by atoms with Crippen LogP contribution in [0.3, 0.4) is 0 Å². The summed E-state index contributed by atoms with van der Waals surface area (Å²) in [5.74, 6) is 0.0946. The molecular weight excluding hydrogens is 576 g/mol. The Morgan fingerprint density at radius 1 is 1.00 bits per heavy atom. The van der Waals surface area contributed by atoms with Gasteiger partial charge in [-0.3, -0.25) is 4.79 Å². The first-order chi connectivity index (χ1) is 20.2. The number of fused-ring (bicyclic) bond motifs is 2. The number of ether oxygens (including phenoxy) is 1. The first-order valence-electron chi connectivity index (χ1n) is 14.1. The van der Waals surface area contributed by atoms with E-state index in [1.807, 2.05) is 6.92 Å². The summed E-state index contributed by atoms with van der Waals surface area (Å²) in [6, 6.07) is 12.0. The second-order valence-corrected chi connectivity index (χ2v) is 13.4. The van der Waals surface area contributed by atoms with Crippen molar-refractivity contribution in [3.05, 3.63) is 64.8 Å². The van der Waals surface area contributed by atoms with E-state index in [4.69, 9.17) is 9.72 Å². The van der Waals surface area contributed by atoms with Crippen LogP contribution < -0.4 is 5.32 Å². The van der Waals surface area contributed by atoms with Gasteiger partial charge in [0.15, 0.2) is 0 Å². The number of hydrogen-bond acceptors (Lipinski definition) is 8. The zero-order valence-corrected chi connectivity index (χ0v) is 25.1. The van der Waals surface area contributed by atoms with Gasteiger partial charge in [0.1, 0.15) is 5.82 Å². The topological polar surface area (TPSA) is 127 Å². The molecule has 220 valence electrons. The quantitative estimate of drug-likeness (QED) is 0.344. The molecule has 3 heterocycles. The van der Waals surface area contributed by atoms with E-state index in [1.54, 1.807) is 17.7 Å². The Morgan fingerprint density at radius 3 is 2.38 bits per heavy atom. The maximum Gasteiger partial charge on any atom is 0.409 e. The molecule has 42 heavy (non-hydrogen) atoms. The van der Waals surface area contributed by atoms with Crippen molar-refractivity contribution in [1.82, 2.24) is 24.0 Å². The summed E-state index contributed by atoms with van der Waals surface area (Å²) >= 11 is 1.53. The van der Waals surface area contributed by atoms with Crippen molar-refractivity contribution in [1.29, 1.82) is 0 Å². The molecule has 4 aromatic rings. The minimum absolute atomic E-state index is 0.0849. The predicted molar refractivity (Wildman–Crippen MR) is 160 cm³/mol. The lowest BCUT2D eigenvalue weighted by molar-refractivity contribution is 0.0933. The Kier molecular flexibility index (Phi) is 7.73. The molecular formula is C29H32N6O5S2. The van der Waals surface area contributed by atoms with Gasteiger partial charge >= 0.3 is 6.09 Å². The van der Waals surface area contributed by atoms with E-state index in [0.29, 0.717) is 16.5 Å². The SMILES string of the molecule is CCOC(=O)N1CCN(S(=O)(=O)c2ccc(C(=O)Nc3cc(C)nn3-c3nc4cc5c(cc4s3)CCCC5)cc2)CC1. The summed E-state index contributed by atoms with van der Waals surface area (Å²) in [7, 11) is -3.78. The van der Waals surface area contributed by atoms with E-state index in [2.05, 4.69) is 22.5 Å². The number of aromatic nitrogens is 3. The monoisotopic (exact) mass is 608 g/mol. The molecule has 2 aromatic carbocycles. The number of anilines is 1. The van der Waals surface area contributed by atoms with E-state index in [0.717, 1.165) is 28.8 Å². The Bertz CT molecular complexity index is 1710. The average Bonchev–Trinajstić information content (AvgIpc) is 3.58. The molecule has 1 N–H and O–H groups in total. The molecule has 6 rings (SSSR count). The van der Waals surface area contributed by atoms with Crippen molar-refractivity contribution in [2.75, 3.05) is 38.1 Å². The number of rotatable bonds is 6. The van der Waals surface area contributed by atoms with Gasteiger partial charge in [0.25, 0.3) is 5.91 Å². The van der Waals surface area contributed by atoms with Crippen LogP contribution in [0.2, 0.25) is 0 Å². The molecule has 0 bridgehead atoms. The Balaban J connectivity index is 1.16. The van der Waals surface area contributed by atoms with Crippen molar-refractivity contribution in [2.24, 2.45) is 0 Å². The van der Waals surface area contributed by atoms with Crippen molar-refractivity contribution in [2.45, 2.75) is 44.4 Å². The molecule has 1 fully saturated rings. The van der Waals surface area contributed by atoms with Crippen LogP contribution in [0.5, 0.6) is 0 Å². The summed E-state index contributed by atoms with van der Waals surface area (Å²) in [5.41, 5.74) is 4.72. The predicted octanol–water partition coefficient (Wildman–Crippen LogP) is 4.38. The minimum atomic E-state index is -3.78. The number of amides is 2. The molecule has 0 spiro atoms. The maximum atomic E-state index is 13.2. The number of carbonyl (C=O) groups excluding carboxylic acids is 2. The Labute approximate surface area is 248 Å². The number of nitrogens with one attached hydrogen (secondary N) is 1. The molecule has 1 aliphatic carbocycles. The highest BCUT2D eigenvalue weighted by atomic mass is 32.2. The summed E-state index contributed by atoms with van der Waals surface area (Å²) in [6.45, 7) is 4.69. The van der Waals surface area contributed by atoms with E-state index < -0.39 is 16.1 Å². The van der Waals surface area contributed by atoms with E-state index >= 15 is 0 Å². The molecule has 1 saturated heterocycles. The smallest absolute Gasteiger partial charge is 0.409 e. The number of aryl methyl sites for hydroxylation is 3. The summed E-state index contributed by atoms with van der Waals surface area (Å²) in [5, 5.41) is 8.16. The number of hydrogen-bond donors (Lipinski definition) is 1. The fourth-order valence-corrected chi connectivity index (χ4v) is 7.81. The second kappa shape index (κ2) is 11.5. The molecule has 13 heteroatoms. The van der Waals surface area contributed by atoms with Gasteiger partial charge in [0.05, 0.1) is 27.4 Å². The molecule has 0 unspecified atom stereocenters. The van der Waals surface area contributed by atoms with Gasteiger partial charge in [-0.2, -0.15) is 14.1 Å². The van der Waals surface area contributed by atoms with Crippen LogP contribution in [0.25, 0.3) is 15.3 Å². The lowest BCUT2D eigenvalue weighted by Crippen LogP contribution is -2.50. The molecule has 2 aliphatic rings. The minimum Gasteiger partial charge on any atom is -0.450 e. The largest absolute Gasteiger partial charge is 0.450 e. The fourth-order valence-electron chi connectivity index (χ4n) is 5.41. The molecule has 11 nitrogen and oxygen atoms in total. The van der Waals surface area contributed by atoms with Gasteiger partial charge in [0.2, 0.25) is 15.2 Å². The van der Waals surface area contributed by atoms with E-state index in [9.17, 15) is 18.0 Å². The van der Waals surface area contributed by atoms with Crippen molar-refractivity contribution in [3.63, 3.8) is 0 Å². The second-order valence-electron chi connectivity index (χ2n) is 10.4. The van der Waals surface area contributed by atoms with Gasteiger partial charge in [-0.05, 0) is 87.1 Å². The van der Waals surface area contributed by atoms with Crippen molar-refractivity contribution in [3.8, 4) is 5.13 Å². The molecule has 0 radical (unpaired) electrons. The van der Waals surface area contributed by atoms with Gasteiger partial charge in [-0.1, -0.05) is 11.3 Å². The normalized spacial score (nSPS) is 15.9. The third-order valence-corrected chi connectivity index (χ3v) is 10.5. The summed E-state index contributed by atoms with van der Waals surface area (Å²) < 4.78 is 35.5. The van der Waals surface area contributed by atoms with Crippen LogP contribution >= 0.6 is 11.3 Å².